The molecule has 0 radical (unpaired) electrons. The van der Waals surface area contributed by atoms with Crippen LogP contribution in [0.3, 0.4) is 0 Å². The summed E-state index contributed by atoms with van der Waals surface area (Å²) < 4.78 is 39.4. The van der Waals surface area contributed by atoms with E-state index >= 15 is 0 Å². The Morgan fingerprint density at radius 3 is 2.29 bits per heavy atom. The molecule has 0 saturated heterocycles. The largest absolute Gasteiger partial charge is 0.329 e. The molecule has 0 aliphatic heterocycles. The van der Waals surface area contributed by atoms with Gasteiger partial charge in [-0.05, 0) is 19.4 Å². The lowest BCUT2D eigenvalue weighted by Gasteiger charge is -2.22. The van der Waals surface area contributed by atoms with Crippen molar-refractivity contribution < 1.29 is 13.2 Å². The van der Waals surface area contributed by atoms with E-state index in [0.29, 0.717) is 6.07 Å². The summed E-state index contributed by atoms with van der Waals surface area (Å²) >= 11 is 0. The van der Waals surface area contributed by atoms with E-state index in [1.54, 1.807) is 0 Å². The van der Waals surface area contributed by atoms with Gasteiger partial charge < -0.3 is 11.1 Å². The molecule has 0 aliphatic carbocycles. The third-order valence-corrected chi connectivity index (χ3v) is 2.75. The van der Waals surface area contributed by atoms with Gasteiger partial charge in [0.15, 0.2) is 11.6 Å². The number of rotatable bonds is 5. The second kappa shape index (κ2) is 6.02. The van der Waals surface area contributed by atoms with E-state index in [9.17, 15) is 13.2 Å². The van der Waals surface area contributed by atoms with Gasteiger partial charge in [0.2, 0.25) is 0 Å². The third-order valence-electron chi connectivity index (χ3n) is 2.75. The molecule has 0 heterocycles. The first-order chi connectivity index (χ1) is 7.99. The van der Waals surface area contributed by atoms with Crippen LogP contribution in [0.5, 0.6) is 0 Å². The Morgan fingerprint density at radius 2 is 1.76 bits per heavy atom. The van der Waals surface area contributed by atoms with Crippen molar-refractivity contribution in [3.05, 3.63) is 35.1 Å². The van der Waals surface area contributed by atoms with Crippen molar-refractivity contribution in [2.45, 2.75) is 32.4 Å². The molecule has 2 atom stereocenters. The quantitative estimate of drug-likeness (QED) is 0.783. The number of halogens is 3. The number of hydrogen-bond donors (Lipinski definition) is 2. The molecular weight excluding hydrogens is 229 g/mol. The van der Waals surface area contributed by atoms with E-state index in [2.05, 4.69) is 5.32 Å². The molecule has 0 fully saturated rings. The van der Waals surface area contributed by atoms with E-state index in [1.807, 2.05) is 13.8 Å². The van der Waals surface area contributed by atoms with Gasteiger partial charge in [-0.3, -0.25) is 0 Å². The van der Waals surface area contributed by atoms with Gasteiger partial charge in [-0.2, -0.15) is 0 Å². The highest BCUT2D eigenvalue weighted by Gasteiger charge is 2.18. The lowest BCUT2D eigenvalue weighted by molar-refractivity contribution is 0.427. The SMILES string of the molecule is CCC(C)NC(CN)c1cc(F)c(F)cc1F. The zero-order valence-corrected chi connectivity index (χ0v) is 9.93. The molecule has 0 aromatic heterocycles. The Hall–Kier alpha value is -1.07. The monoisotopic (exact) mass is 246 g/mol. The van der Waals surface area contributed by atoms with Gasteiger partial charge >= 0.3 is 0 Å². The van der Waals surface area contributed by atoms with E-state index in [4.69, 9.17) is 5.73 Å². The predicted octanol–water partition coefficient (Wildman–Crippen LogP) is 2.49. The van der Waals surface area contributed by atoms with Crippen molar-refractivity contribution in [3.8, 4) is 0 Å². The van der Waals surface area contributed by atoms with Gasteiger partial charge in [0.25, 0.3) is 0 Å². The zero-order valence-electron chi connectivity index (χ0n) is 9.93. The van der Waals surface area contributed by atoms with Crippen molar-refractivity contribution in [2.24, 2.45) is 5.73 Å². The molecule has 1 aromatic rings. The Bertz CT molecular complexity index is 382. The van der Waals surface area contributed by atoms with Crippen LogP contribution in [0, 0.1) is 17.5 Å². The maximum absolute atomic E-state index is 13.5. The molecule has 0 saturated carbocycles. The van der Waals surface area contributed by atoms with Gasteiger partial charge in [-0.25, -0.2) is 13.2 Å². The minimum absolute atomic E-state index is 0.0618. The van der Waals surface area contributed by atoms with Crippen LogP contribution < -0.4 is 11.1 Å². The molecule has 2 unspecified atom stereocenters. The lowest BCUT2D eigenvalue weighted by Crippen LogP contribution is -2.35. The van der Waals surface area contributed by atoms with Crippen molar-refractivity contribution in [2.75, 3.05) is 6.54 Å². The zero-order chi connectivity index (χ0) is 13.0. The second-order valence-corrected chi connectivity index (χ2v) is 4.05. The van der Waals surface area contributed by atoms with E-state index in [1.165, 1.54) is 0 Å². The molecule has 96 valence electrons. The van der Waals surface area contributed by atoms with Gasteiger partial charge in [0.05, 0.1) is 0 Å². The van der Waals surface area contributed by atoms with Crippen molar-refractivity contribution in [1.82, 2.24) is 5.32 Å². The predicted molar refractivity (Wildman–Crippen MR) is 61.0 cm³/mol. The number of nitrogens with one attached hydrogen (secondary N) is 1. The summed E-state index contributed by atoms with van der Waals surface area (Å²) in [5.41, 5.74) is 5.58. The van der Waals surface area contributed by atoms with Crippen LogP contribution in [0.25, 0.3) is 0 Å². The van der Waals surface area contributed by atoms with Gasteiger partial charge in [-0.15, -0.1) is 0 Å². The molecule has 1 rings (SSSR count). The molecule has 5 heteroatoms. The molecule has 0 bridgehead atoms. The summed E-state index contributed by atoms with van der Waals surface area (Å²) in [4.78, 5) is 0. The van der Waals surface area contributed by atoms with E-state index < -0.39 is 23.5 Å². The lowest BCUT2D eigenvalue weighted by atomic mass is 10.0. The van der Waals surface area contributed by atoms with Crippen LogP contribution in [-0.2, 0) is 0 Å². The Balaban J connectivity index is 2.99. The summed E-state index contributed by atoms with van der Waals surface area (Å²) in [6, 6.07) is 1.01. The summed E-state index contributed by atoms with van der Waals surface area (Å²) in [5.74, 6) is -3.04. The van der Waals surface area contributed by atoms with Crippen molar-refractivity contribution in [1.29, 1.82) is 0 Å². The van der Waals surface area contributed by atoms with E-state index in [-0.39, 0.29) is 18.2 Å². The summed E-state index contributed by atoms with van der Waals surface area (Å²) in [6.07, 6.45) is 0.835. The topological polar surface area (TPSA) is 38.0 Å². The van der Waals surface area contributed by atoms with Crippen LogP contribution >= 0.6 is 0 Å². The minimum Gasteiger partial charge on any atom is -0.329 e. The highest BCUT2D eigenvalue weighted by molar-refractivity contribution is 5.24. The second-order valence-electron chi connectivity index (χ2n) is 4.05. The first-order valence-corrected chi connectivity index (χ1v) is 5.60. The standard InChI is InChI=1S/C12H17F3N2/c1-3-7(2)17-12(6-16)8-4-10(14)11(15)5-9(8)13/h4-5,7,12,17H,3,6,16H2,1-2H3. The molecule has 0 spiro atoms. The normalized spacial score (nSPS) is 14.7. The van der Waals surface area contributed by atoms with Crippen LogP contribution in [0.2, 0.25) is 0 Å². The van der Waals surface area contributed by atoms with Crippen LogP contribution in [0.4, 0.5) is 13.2 Å². The number of benzene rings is 1. The highest BCUT2D eigenvalue weighted by atomic mass is 19.2. The molecule has 3 N–H and O–H groups in total. The van der Waals surface area contributed by atoms with Gasteiger partial charge in [0, 0.05) is 30.3 Å². The van der Waals surface area contributed by atoms with Crippen LogP contribution in [0.1, 0.15) is 31.9 Å². The van der Waals surface area contributed by atoms with E-state index in [0.717, 1.165) is 12.5 Å². The average Bonchev–Trinajstić information content (AvgIpc) is 2.30. The van der Waals surface area contributed by atoms with Gasteiger partial charge in [0.1, 0.15) is 5.82 Å². The molecule has 17 heavy (non-hydrogen) atoms. The van der Waals surface area contributed by atoms with Gasteiger partial charge in [-0.1, -0.05) is 6.92 Å². The highest BCUT2D eigenvalue weighted by Crippen LogP contribution is 2.20. The Morgan fingerprint density at radius 1 is 1.18 bits per heavy atom. The Labute approximate surface area is 99.0 Å². The molecule has 1 aromatic carbocycles. The smallest absolute Gasteiger partial charge is 0.161 e. The fourth-order valence-electron chi connectivity index (χ4n) is 1.55. The van der Waals surface area contributed by atoms with Crippen LogP contribution in [-0.4, -0.2) is 12.6 Å². The molecule has 0 amide bonds. The van der Waals surface area contributed by atoms with Crippen molar-refractivity contribution >= 4 is 0 Å². The number of hydrogen-bond acceptors (Lipinski definition) is 2. The third kappa shape index (κ3) is 3.44. The molecule has 0 aliphatic rings. The molecule has 2 nitrogen and oxygen atoms in total. The summed E-state index contributed by atoms with van der Waals surface area (Å²) in [7, 11) is 0. The fraction of sp³-hybridized carbons (Fsp3) is 0.500. The Kier molecular flexibility index (Phi) is 4.96. The maximum Gasteiger partial charge on any atom is 0.161 e. The first kappa shape index (κ1) is 14.0. The number of nitrogens with two attached hydrogens (primary N) is 1. The average molecular weight is 246 g/mol. The minimum atomic E-state index is -1.19. The van der Waals surface area contributed by atoms with Crippen molar-refractivity contribution in [3.63, 3.8) is 0 Å². The van der Waals surface area contributed by atoms with Crippen LogP contribution in [0.15, 0.2) is 12.1 Å². The summed E-state index contributed by atoms with van der Waals surface area (Å²) in [5, 5.41) is 3.07. The fourth-order valence-corrected chi connectivity index (χ4v) is 1.55. The molecular formula is C12H17F3N2. The maximum atomic E-state index is 13.5. The first-order valence-electron chi connectivity index (χ1n) is 5.60. The summed E-state index contributed by atoms with van der Waals surface area (Å²) in [6.45, 7) is 4.00.